The van der Waals surface area contributed by atoms with Crippen molar-refractivity contribution in [3.8, 4) is 68.5 Å². The quantitative estimate of drug-likeness (QED) is 0.175. The molecule has 2 aliphatic rings. The number of H-pyrrole nitrogens is 2. The molecule has 0 atom stereocenters. The molecule has 0 spiro atoms. The molecular weight excluding hydrogens is 945 g/mol. The van der Waals surface area contributed by atoms with E-state index < -0.39 is 22.4 Å². The molecule has 8 aromatic carbocycles. The van der Waals surface area contributed by atoms with Crippen molar-refractivity contribution in [1.29, 1.82) is 0 Å². The van der Waals surface area contributed by atoms with Gasteiger partial charge in [-0.15, -0.1) is 0 Å². The van der Waals surface area contributed by atoms with Gasteiger partial charge in [0.1, 0.15) is 68.0 Å². The van der Waals surface area contributed by atoms with Crippen LogP contribution < -0.4 is 18.9 Å². The van der Waals surface area contributed by atoms with Crippen LogP contribution in [-0.4, -0.2) is 62.3 Å². The maximum Gasteiger partial charge on any atom is 0.168 e. The van der Waals surface area contributed by atoms with Crippen molar-refractivity contribution >= 4 is 87.2 Å². The largest absolute Gasteiger partial charge is 0.487 e. The number of rotatable bonds is 4. The van der Waals surface area contributed by atoms with E-state index in [1.807, 2.05) is 48.5 Å². The van der Waals surface area contributed by atoms with E-state index in [2.05, 4.69) is 166 Å². The summed E-state index contributed by atoms with van der Waals surface area (Å²) in [4.78, 5) is 40.6. The molecule has 3 aromatic heterocycles. The molecule has 0 unspecified atom stereocenters. The summed E-state index contributed by atoms with van der Waals surface area (Å²) in [5.74, 6) is 4.35. The average molecular weight is 1000 g/mol. The molecule has 13 rings (SSSR count). The summed E-state index contributed by atoms with van der Waals surface area (Å²) in [5.41, 5.74) is 2.64. The normalized spacial score (nSPS) is 13.0. The third-order valence-electron chi connectivity index (χ3n) is 13.3. The second kappa shape index (κ2) is 16.4. The Morgan fingerprint density at radius 3 is 0.934 bits per heavy atom. The van der Waals surface area contributed by atoms with E-state index in [0.29, 0.717) is 80.0 Å². The monoisotopic (exact) mass is 1000 g/mol. The summed E-state index contributed by atoms with van der Waals surface area (Å²) in [5, 5.41) is 10.7. The van der Waals surface area contributed by atoms with Crippen molar-refractivity contribution in [1.82, 2.24) is 39.9 Å². The van der Waals surface area contributed by atoms with Crippen LogP contribution in [0.1, 0.15) is 83.1 Å². The van der Waals surface area contributed by atoms with E-state index in [1.165, 1.54) is 0 Å². The van der Waals surface area contributed by atoms with Crippen LogP contribution >= 0.6 is 0 Å². The number of nitrogens with zero attached hydrogens (tertiary/aromatic N) is 6. The predicted molar refractivity (Wildman–Crippen MR) is 308 cm³/mol. The number of aromatic nitrogens is 8. The maximum absolute atomic E-state index is 7.04. The summed E-state index contributed by atoms with van der Waals surface area (Å²) in [7, 11) is 0. The molecule has 5 heterocycles. The Balaban J connectivity index is 1.29. The highest BCUT2D eigenvalue weighted by molar-refractivity contribution is 6.18. The lowest BCUT2D eigenvalue weighted by atomic mass is 9.99. The van der Waals surface area contributed by atoms with Gasteiger partial charge in [0.2, 0.25) is 0 Å². The predicted octanol–water partition coefficient (Wildman–Crippen LogP) is 16.2. The van der Waals surface area contributed by atoms with Gasteiger partial charge in [-0.3, -0.25) is 0 Å². The highest BCUT2D eigenvalue weighted by Gasteiger charge is 2.33. The molecule has 2 N–H and O–H groups in total. The van der Waals surface area contributed by atoms with Crippen molar-refractivity contribution in [3.05, 3.63) is 121 Å². The van der Waals surface area contributed by atoms with Crippen molar-refractivity contribution in [2.24, 2.45) is 0 Å². The van der Waals surface area contributed by atoms with Crippen LogP contribution in [0.5, 0.6) is 23.0 Å². The fourth-order valence-electron chi connectivity index (χ4n) is 10.6. The summed E-state index contributed by atoms with van der Waals surface area (Å²) >= 11 is 0. The zero-order valence-corrected chi connectivity index (χ0v) is 44.9. The SMILES string of the molecule is CC(C)(C)Oc1c2c(cc3ccccc13)-c1nc-2nc2[nH]c(nc3nc(nc4[nH]c(n1)c1c(OC(C)(C)C)c5ccccc5cc41)-c1c-3cc3ccccc3c1OC(C)(C)C)c1c(OC(C)(C)C)c3ccccc3cc21. The highest BCUT2D eigenvalue weighted by Crippen LogP contribution is 2.50. The molecule has 12 heteroatoms. The second-order valence-electron chi connectivity index (χ2n) is 23.9. The minimum Gasteiger partial charge on any atom is -0.487 e. The Bertz CT molecular complexity index is 4180. The zero-order chi connectivity index (χ0) is 52.8. The molecule has 378 valence electrons. The Morgan fingerprint density at radius 1 is 0.303 bits per heavy atom. The van der Waals surface area contributed by atoms with E-state index in [0.717, 1.165) is 75.8 Å². The smallest absolute Gasteiger partial charge is 0.168 e. The van der Waals surface area contributed by atoms with E-state index in [9.17, 15) is 0 Å². The van der Waals surface area contributed by atoms with Gasteiger partial charge in [-0.1, -0.05) is 97.1 Å². The Morgan fingerprint density at radius 2 is 0.592 bits per heavy atom. The van der Waals surface area contributed by atoms with Crippen molar-refractivity contribution < 1.29 is 18.9 Å². The fraction of sp³-hybridized carbons (Fsp3) is 0.250. The number of benzene rings is 8. The van der Waals surface area contributed by atoms with Crippen LogP contribution in [-0.2, 0) is 0 Å². The Hall–Kier alpha value is -8.64. The van der Waals surface area contributed by atoms with Gasteiger partial charge in [0.05, 0.1) is 21.9 Å². The third kappa shape index (κ3) is 8.05. The van der Waals surface area contributed by atoms with Crippen LogP contribution in [0.3, 0.4) is 0 Å². The van der Waals surface area contributed by atoms with E-state index in [1.54, 1.807) is 0 Å². The molecule has 11 aromatic rings. The van der Waals surface area contributed by atoms with Gasteiger partial charge < -0.3 is 28.9 Å². The van der Waals surface area contributed by atoms with Crippen LogP contribution in [0.2, 0.25) is 0 Å². The first-order valence-corrected chi connectivity index (χ1v) is 25.9. The molecule has 8 bridgehead atoms. The molecule has 2 aliphatic heterocycles. The van der Waals surface area contributed by atoms with Crippen LogP contribution in [0.4, 0.5) is 0 Å². The van der Waals surface area contributed by atoms with Gasteiger partial charge in [0.25, 0.3) is 0 Å². The number of hydrogen-bond acceptors (Lipinski definition) is 10. The second-order valence-corrected chi connectivity index (χ2v) is 23.9. The van der Waals surface area contributed by atoms with Crippen LogP contribution in [0, 0.1) is 0 Å². The zero-order valence-electron chi connectivity index (χ0n) is 44.9. The minimum atomic E-state index is -0.592. The number of hydrogen-bond donors (Lipinski definition) is 2. The lowest BCUT2D eigenvalue weighted by Crippen LogP contribution is -2.23. The molecular formula is C64H58N8O4. The summed E-state index contributed by atoms with van der Waals surface area (Å²) in [6.07, 6.45) is 0. The minimum absolute atomic E-state index is 0.416. The molecule has 0 fully saturated rings. The number of ether oxygens (including phenoxy) is 4. The first-order chi connectivity index (χ1) is 36.1. The van der Waals surface area contributed by atoms with E-state index in [-0.39, 0.29) is 0 Å². The summed E-state index contributed by atoms with van der Waals surface area (Å²) in [6, 6.07) is 41.6. The molecule has 0 amide bonds. The molecule has 0 aliphatic carbocycles. The maximum atomic E-state index is 7.04. The first kappa shape index (κ1) is 47.1. The van der Waals surface area contributed by atoms with Gasteiger partial charge in [0.15, 0.2) is 23.3 Å². The van der Waals surface area contributed by atoms with E-state index in [4.69, 9.17) is 48.9 Å². The van der Waals surface area contributed by atoms with Crippen molar-refractivity contribution in [2.75, 3.05) is 0 Å². The van der Waals surface area contributed by atoms with Crippen LogP contribution in [0.25, 0.3) is 133 Å². The van der Waals surface area contributed by atoms with Crippen molar-refractivity contribution in [3.63, 3.8) is 0 Å². The Labute approximate surface area is 439 Å². The summed E-state index contributed by atoms with van der Waals surface area (Å²) < 4.78 is 28.1. The van der Waals surface area contributed by atoms with Gasteiger partial charge in [0, 0.05) is 43.4 Å². The molecule has 0 radical (unpaired) electrons. The Kier molecular flexibility index (Phi) is 10.2. The van der Waals surface area contributed by atoms with Crippen LogP contribution in [0.15, 0.2) is 121 Å². The van der Waals surface area contributed by atoms with Gasteiger partial charge in [-0.05, 0) is 129 Å². The van der Waals surface area contributed by atoms with Gasteiger partial charge in [-0.2, -0.15) is 0 Å². The van der Waals surface area contributed by atoms with Gasteiger partial charge >= 0.3 is 0 Å². The lowest BCUT2D eigenvalue weighted by molar-refractivity contribution is 0.133. The van der Waals surface area contributed by atoms with Crippen molar-refractivity contribution in [2.45, 2.75) is 105 Å². The lowest BCUT2D eigenvalue weighted by Gasteiger charge is -2.24. The fourth-order valence-corrected chi connectivity index (χ4v) is 10.6. The van der Waals surface area contributed by atoms with E-state index >= 15 is 0 Å². The third-order valence-corrected chi connectivity index (χ3v) is 13.3. The topological polar surface area (TPSA) is 146 Å². The summed E-state index contributed by atoms with van der Waals surface area (Å²) in [6.45, 7) is 24.7. The average Bonchev–Trinajstić information content (AvgIpc) is 4.08. The standard InChI is InChI=1S/C64H58N8O4/c1-61(2,3)73-49-37-25-17-13-21-33(37)29-41-45(49)57-65-53(41)70-58-47-43(31-35-23-15-19-27-39(35)51(47)75-63(7,8)9)55(67-58)72-60-48-44(32-36-24-16-20-28-40(36)52(48)76-64(10,11)12)56(68-60)71-59-46-42(54(66-59)69-57)30-34-22-14-18-26-38(34)50(46)74-62(4,5)6/h13-32H,1-12H3,(H2,65,66,67,68,69,70,71,72). The van der Waals surface area contributed by atoms with Gasteiger partial charge in [-0.25, -0.2) is 29.9 Å². The molecule has 0 saturated carbocycles. The number of fused-ring (bicyclic) bond motifs is 24. The first-order valence-electron chi connectivity index (χ1n) is 25.9. The highest BCUT2D eigenvalue weighted by atomic mass is 16.5. The number of nitrogens with one attached hydrogen (secondary N) is 2. The number of aromatic amines is 2. The molecule has 76 heavy (non-hydrogen) atoms. The molecule has 12 nitrogen and oxygen atoms in total. The molecule has 0 saturated heterocycles.